The molecule has 0 aromatic rings. The summed E-state index contributed by atoms with van der Waals surface area (Å²) in [6.07, 6.45) is 21.5. The van der Waals surface area contributed by atoms with E-state index in [-0.39, 0.29) is 18.0 Å². The van der Waals surface area contributed by atoms with Crippen molar-refractivity contribution in [2.24, 2.45) is 0 Å². The summed E-state index contributed by atoms with van der Waals surface area (Å²) in [5.74, 6) is -0.0785. The van der Waals surface area contributed by atoms with Gasteiger partial charge in [0.1, 0.15) is 6.10 Å². The molecule has 0 saturated heterocycles. The fraction of sp³-hybridized carbons (Fsp3) is 0.926. The van der Waals surface area contributed by atoms with E-state index in [4.69, 9.17) is 9.47 Å². The summed E-state index contributed by atoms with van der Waals surface area (Å²) in [6, 6.07) is 0. The third kappa shape index (κ3) is 21.9. The van der Waals surface area contributed by atoms with Gasteiger partial charge in [-0.05, 0) is 38.5 Å². The quantitative estimate of drug-likeness (QED) is 0.118. The molecule has 184 valence electrons. The van der Waals surface area contributed by atoms with E-state index < -0.39 is 0 Å². The molecule has 4 heteroatoms. The van der Waals surface area contributed by atoms with Gasteiger partial charge < -0.3 is 9.47 Å². The largest absolute Gasteiger partial charge is 0.466 e. The minimum Gasteiger partial charge on any atom is -0.466 e. The summed E-state index contributed by atoms with van der Waals surface area (Å²) in [5.41, 5.74) is 0. The Morgan fingerprint density at radius 3 is 1.65 bits per heavy atom. The smallest absolute Gasteiger partial charge is 0.306 e. The van der Waals surface area contributed by atoms with E-state index in [9.17, 15) is 9.59 Å². The molecule has 0 radical (unpaired) electrons. The third-order valence-corrected chi connectivity index (χ3v) is 5.91. The van der Waals surface area contributed by atoms with Crippen molar-refractivity contribution in [2.45, 2.75) is 155 Å². The maximum absolute atomic E-state index is 12.0. The molecule has 1 atom stereocenters. The van der Waals surface area contributed by atoms with Gasteiger partial charge in [-0.25, -0.2) is 0 Å². The Hall–Kier alpha value is -1.06. The zero-order valence-corrected chi connectivity index (χ0v) is 21.1. The molecule has 0 bridgehead atoms. The molecule has 0 spiro atoms. The van der Waals surface area contributed by atoms with Crippen LogP contribution < -0.4 is 0 Å². The number of carbonyl (C=O) groups excluding carboxylic acids is 2. The summed E-state index contributed by atoms with van der Waals surface area (Å²) in [6.45, 7) is 7.10. The van der Waals surface area contributed by atoms with Crippen LogP contribution >= 0.6 is 0 Å². The zero-order valence-electron chi connectivity index (χ0n) is 21.1. The third-order valence-electron chi connectivity index (χ3n) is 5.91. The minimum atomic E-state index is -0.0434. The predicted molar refractivity (Wildman–Crippen MR) is 130 cm³/mol. The Balaban J connectivity index is 3.42. The van der Waals surface area contributed by atoms with E-state index in [0.29, 0.717) is 19.4 Å². The van der Waals surface area contributed by atoms with Crippen molar-refractivity contribution in [1.82, 2.24) is 0 Å². The number of carbonyl (C=O) groups is 2. The molecule has 0 aliphatic rings. The maximum Gasteiger partial charge on any atom is 0.306 e. The summed E-state index contributed by atoms with van der Waals surface area (Å²) in [4.78, 5) is 23.7. The van der Waals surface area contributed by atoms with Gasteiger partial charge in [0.2, 0.25) is 0 Å². The lowest BCUT2D eigenvalue weighted by Gasteiger charge is -2.16. The van der Waals surface area contributed by atoms with Gasteiger partial charge in [-0.2, -0.15) is 0 Å². The van der Waals surface area contributed by atoms with Crippen molar-refractivity contribution in [1.29, 1.82) is 0 Å². The lowest BCUT2D eigenvalue weighted by molar-refractivity contribution is -0.149. The van der Waals surface area contributed by atoms with E-state index in [1.165, 1.54) is 51.4 Å². The second kappa shape index (κ2) is 23.6. The molecule has 31 heavy (non-hydrogen) atoms. The topological polar surface area (TPSA) is 52.6 Å². The van der Waals surface area contributed by atoms with E-state index in [1.54, 1.807) is 0 Å². The summed E-state index contributed by atoms with van der Waals surface area (Å²) in [7, 11) is 0. The Morgan fingerprint density at radius 1 is 0.581 bits per heavy atom. The zero-order chi connectivity index (χ0) is 23.0. The summed E-state index contributed by atoms with van der Waals surface area (Å²) >= 11 is 0. The van der Waals surface area contributed by atoms with Crippen LogP contribution in [0.1, 0.15) is 149 Å². The van der Waals surface area contributed by atoms with Crippen molar-refractivity contribution >= 4 is 11.9 Å². The van der Waals surface area contributed by atoms with E-state index in [0.717, 1.165) is 64.2 Å². The first-order valence-electron chi connectivity index (χ1n) is 13.5. The fourth-order valence-corrected chi connectivity index (χ4v) is 3.78. The van der Waals surface area contributed by atoms with Gasteiger partial charge in [-0.15, -0.1) is 0 Å². The van der Waals surface area contributed by atoms with Crippen LogP contribution in [0.4, 0.5) is 0 Å². The highest BCUT2D eigenvalue weighted by Crippen LogP contribution is 2.14. The van der Waals surface area contributed by atoms with E-state index in [1.807, 2.05) is 0 Å². The molecule has 0 amide bonds. The SMILES string of the molecule is CCCCCCCCCOC(=O)CCCCCCCCC(=O)OC(CC)CCCCC. The normalized spacial score (nSPS) is 12.0. The molecule has 0 aromatic heterocycles. The highest BCUT2D eigenvalue weighted by atomic mass is 16.5. The Morgan fingerprint density at radius 2 is 1.06 bits per heavy atom. The average Bonchev–Trinajstić information content (AvgIpc) is 2.76. The second-order valence-electron chi connectivity index (χ2n) is 8.98. The molecular formula is C27H52O4. The van der Waals surface area contributed by atoms with Crippen molar-refractivity contribution in [3.05, 3.63) is 0 Å². The molecule has 0 rings (SSSR count). The lowest BCUT2D eigenvalue weighted by atomic mass is 10.1. The number of ether oxygens (including phenoxy) is 2. The van der Waals surface area contributed by atoms with Gasteiger partial charge in [0.05, 0.1) is 6.61 Å². The first kappa shape index (κ1) is 29.9. The highest BCUT2D eigenvalue weighted by Gasteiger charge is 2.12. The summed E-state index contributed by atoms with van der Waals surface area (Å²) < 4.78 is 10.9. The number of unbranched alkanes of at least 4 members (excludes halogenated alkanes) is 13. The van der Waals surface area contributed by atoms with Gasteiger partial charge in [0.25, 0.3) is 0 Å². The first-order valence-corrected chi connectivity index (χ1v) is 13.5. The van der Waals surface area contributed by atoms with Gasteiger partial charge in [-0.3, -0.25) is 9.59 Å². The number of hydrogen-bond donors (Lipinski definition) is 0. The van der Waals surface area contributed by atoms with Crippen LogP contribution in [-0.4, -0.2) is 24.6 Å². The molecule has 0 aliphatic carbocycles. The van der Waals surface area contributed by atoms with Gasteiger partial charge in [-0.1, -0.05) is 97.8 Å². The Bertz CT molecular complexity index is 408. The van der Waals surface area contributed by atoms with E-state index in [2.05, 4.69) is 20.8 Å². The number of rotatable bonds is 23. The molecule has 0 fully saturated rings. The van der Waals surface area contributed by atoms with Crippen LogP contribution in [0.5, 0.6) is 0 Å². The van der Waals surface area contributed by atoms with Crippen molar-refractivity contribution in [2.75, 3.05) is 6.61 Å². The second-order valence-corrected chi connectivity index (χ2v) is 8.98. The van der Waals surface area contributed by atoms with Gasteiger partial charge >= 0.3 is 11.9 Å². The van der Waals surface area contributed by atoms with Crippen molar-refractivity contribution in [3.8, 4) is 0 Å². The van der Waals surface area contributed by atoms with Gasteiger partial charge in [0.15, 0.2) is 0 Å². The molecule has 4 nitrogen and oxygen atoms in total. The standard InChI is InChI=1S/C27H52O4/c1-4-7-9-10-13-16-20-24-30-26(28)22-18-14-11-12-15-19-23-27(29)31-25(6-3)21-17-8-5-2/h25H,4-24H2,1-3H3. The molecule has 1 unspecified atom stereocenters. The maximum atomic E-state index is 12.0. The fourth-order valence-electron chi connectivity index (χ4n) is 3.78. The highest BCUT2D eigenvalue weighted by molar-refractivity contribution is 5.69. The first-order chi connectivity index (χ1) is 15.1. The van der Waals surface area contributed by atoms with Crippen molar-refractivity contribution in [3.63, 3.8) is 0 Å². The predicted octanol–water partition coefficient (Wildman–Crippen LogP) is 8.30. The molecule has 0 heterocycles. The summed E-state index contributed by atoms with van der Waals surface area (Å²) in [5, 5.41) is 0. The Kier molecular flexibility index (Phi) is 22.8. The van der Waals surface area contributed by atoms with Crippen LogP contribution in [0.2, 0.25) is 0 Å². The Labute approximate surface area is 193 Å². The molecule has 0 aliphatic heterocycles. The van der Waals surface area contributed by atoms with Crippen LogP contribution in [0.25, 0.3) is 0 Å². The van der Waals surface area contributed by atoms with Crippen LogP contribution in [0.3, 0.4) is 0 Å². The monoisotopic (exact) mass is 440 g/mol. The van der Waals surface area contributed by atoms with E-state index >= 15 is 0 Å². The van der Waals surface area contributed by atoms with Crippen LogP contribution in [0, 0.1) is 0 Å². The van der Waals surface area contributed by atoms with Crippen molar-refractivity contribution < 1.29 is 19.1 Å². The molecular weight excluding hydrogens is 388 g/mol. The van der Waals surface area contributed by atoms with Gasteiger partial charge in [0, 0.05) is 12.8 Å². The number of esters is 2. The number of hydrogen-bond acceptors (Lipinski definition) is 4. The molecule has 0 N–H and O–H groups in total. The van der Waals surface area contributed by atoms with Crippen LogP contribution in [-0.2, 0) is 19.1 Å². The van der Waals surface area contributed by atoms with Crippen LogP contribution in [0.15, 0.2) is 0 Å². The lowest BCUT2D eigenvalue weighted by Crippen LogP contribution is -2.17. The molecule has 0 aromatic carbocycles. The average molecular weight is 441 g/mol. The molecule has 0 saturated carbocycles. The minimum absolute atomic E-state index is 0.0351.